The van der Waals surface area contributed by atoms with Gasteiger partial charge in [-0.2, -0.15) is 0 Å². The summed E-state index contributed by atoms with van der Waals surface area (Å²) in [5, 5.41) is 0. The van der Waals surface area contributed by atoms with Crippen molar-refractivity contribution >= 4 is 12.0 Å². The van der Waals surface area contributed by atoms with Gasteiger partial charge in [-0.1, -0.05) is 0 Å². The van der Waals surface area contributed by atoms with Crippen LogP contribution in [-0.4, -0.2) is 59.1 Å². The van der Waals surface area contributed by atoms with Crippen LogP contribution in [0.25, 0.3) is 0 Å². The zero-order valence-corrected chi connectivity index (χ0v) is 14.9. The molecule has 2 fully saturated rings. The van der Waals surface area contributed by atoms with Gasteiger partial charge in [0, 0.05) is 25.7 Å². The number of ether oxygens (including phenoxy) is 1. The van der Waals surface area contributed by atoms with Crippen LogP contribution >= 0.6 is 0 Å². The fourth-order valence-electron chi connectivity index (χ4n) is 2.97. The van der Waals surface area contributed by atoms with Gasteiger partial charge in [0.25, 0.3) is 0 Å². The van der Waals surface area contributed by atoms with Gasteiger partial charge in [-0.3, -0.25) is 4.79 Å². The van der Waals surface area contributed by atoms with Crippen molar-refractivity contribution in [2.75, 3.05) is 19.6 Å². The lowest BCUT2D eigenvalue weighted by atomic mass is 9.96. The molecule has 1 saturated carbocycles. The van der Waals surface area contributed by atoms with Crippen LogP contribution in [0, 0.1) is 5.92 Å². The van der Waals surface area contributed by atoms with Crippen LogP contribution in [0.5, 0.6) is 0 Å². The number of hydrogen-bond acceptors (Lipinski definition) is 4. The molecule has 1 heterocycles. The third-order valence-electron chi connectivity index (χ3n) is 4.38. The van der Waals surface area contributed by atoms with E-state index in [0.29, 0.717) is 25.0 Å². The summed E-state index contributed by atoms with van der Waals surface area (Å²) in [5.41, 5.74) is 5.31. The monoisotopic (exact) mass is 325 g/mol. The van der Waals surface area contributed by atoms with Crippen molar-refractivity contribution in [3.05, 3.63) is 0 Å². The molecule has 6 heteroatoms. The van der Waals surface area contributed by atoms with Crippen molar-refractivity contribution in [3.8, 4) is 0 Å². The van der Waals surface area contributed by atoms with E-state index in [2.05, 4.69) is 0 Å². The number of likely N-dealkylation sites (tertiary alicyclic amines) is 1. The minimum Gasteiger partial charge on any atom is -0.444 e. The third kappa shape index (κ3) is 5.37. The number of amides is 2. The largest absolute Gasteiger partial charge is 0.444 e. The van der Waals surface area contributed by atoms with Crippen LogP contribution in [0.15, 0.2) is 0 Å². The van der Waals surface area contributed by atoms with Crippen LogP contribution in [-0.2, 0) is 9.53 Å². The van der Waals surface area contributed by atoms with Gasteiger partial charge in [-0.15, -0.1) is 0 Å². The summed E-state index contributed by atoms with van der Waals surface area (Å²) >= 11 is 0. The van der Waals surface area contributed by atoms with Crippen LogP contribution in [0.2, 0.25) is 0 Å². The Hall–Kier alpha value is -1.30. The molecule has 1 saturated heterocycles. The molecule has 1 aliphatic carbocycles. The smallest absolute Gasteiger partial charge is 0.410 e. The first-order valence-electron chi connectivity index (χ1n) is 8.71. The van der Waals surface area contributed by atoms with Crippen molar-refractivity contribution < 1.29 is 14.3 Å². The van der Waals surface area contributed by atoms with Crippen molar-refractivity contribution in [3.63, 3.8) is 0 Å². The number of piperidine rings is 1. The number of carbonyl (C=O) groups excluding carboxylic acids is 2. The van der Waals surface area contributed by atoms with Crippen LogP contribution in [0.1, 0.15) is 53.4 Å². The van der Waals surface area contributed by atoms with Crippen LogP contribution < -0.4 is 5.73 Å². The standard InChI is InChI=1S/C17H31N3O3/c1-12(18)15(21)20(14-5-6-14)11-13-7-9-19(10-8-13)16(22)23-17(2,3)4/h12-14H,5-11,18H2,1-4H3/t12-/m0/s1. The first kappa shape index (κ1) is 18.0. The molecule has 0 radical (unpaired) electrons. The molecule has 0 bridgehead atoms. The van der Waals surface area contributed by atoms with E-state index < -0.39 is 11.6 Å². The number of nitrogens with two attached hydrogens (primary N) is 1. The summed E-state index contributed by atoms with van der Waals surface area (Å²) in [6, 6.07) is -0.0464. The zero-order valence-electron chi connectivity index (χ0n) is 14.9. The van der Waals surface area contributed by atoms with Gasteiger partial charge < -0.3 is 20.3 Å². The lowest BCUT2D eigenvalue weighted by molar-refractivity contribution is -0.133. The lowest BCUT2D eigenvalue weighted by Gasteiger charge is -2.36. The van der Waals surface area contributed by atoms with Gasteiger partial charge in [0.05, 0.1) is 6.04 Å². The SMILES string of the molecule is C[C@H](N)C(=O)N(CC1CCN(C(=O)OC(C)(C)C)CC1)C1CC1. The van der Waals surface area contributed by atoms with Crippen molar-refractivity contribution in [1.29, 1.82) is 0 Å². The van der Waals surface area contributed by atoms with Crippen molar-refractivity contribution in [2.24, 2.45) is 11.7 Å². The fourth-order valence-corrected chi connectivity index (χ4v) is 2.97. The van der Waals surface area contributed by atoms with Crippen molar-refractivity contribution in [2.45, 2.75) is 71.1 Å². The highest BCUT2D eigenvalue weighted by atomic mass is 16.6. The molecule has 132 valence electrons. The van der Waals surface area contributed by atoms with Gasteiger partial charge in [-0.25, -0.2) is 4.79 Å². The maximum absolute atomic E-state index is 12.2. The summed E-state index contributed by atoms with van der Waals surface area (Å²) in [5.74, 6) is 0.499. The Labute approximate surface area is 139 Å². The van der Waals surface area contributed by atoms with E-state index in [-0.39, 0.29) is 12.0 Å². The van der Waals surface area contributed by atoms with Gasteiger partial charge in [0.2, 0.25) is 5.91 Å². The minimum atomic E-state index is -0.458. The Morgan fingerprint density at radius 2 is 1.78 bits per heavy atom. The molecule has 23 heavy (non-hydrogen) atoms. The minimum absolute atomic E-state index is 0.0575. The second kappa shape index (κ2) is 7.07. The molecule has 2 amide bonds. The van der Waals surface area contributed by atoms with Crippen molar-refractivity contribution in [1.82, 2.24) is 9.80 Å². The maximum atomic E-state index is 12.2. The molecule has 0 spiro atoms. The first-order chi connectivity index (χ1) is 10.7. The predicted molar refractivity (Wildman–Crippen MR) is 88.9 cm³/mol. The predicted octanol–water partition coefficient (Wildman–Crippen LogP) is 1.97. The van der Waals surface area contributed by atoms with Crippen LogP contribution in [0.3, 0.4) is 0 Å². The molecule has 2 rings (SSSR count). The Balaban J connectivity index is 1.82. The van der Waals surface area contributed by atoms with Gasteiger partial charge in [0.1, 0.15) is 5.60 Å². The summed E-state index contributed by atoms with van der Waals surface area (Å²) in [6.07, 6.45) is 3.77. The third-order valence-corrected chi connectivity index (χ3v) is 4.38. The van der Waals surface area contributed by atoms with E-state index in [4.69, 9.17) is 10.5 Å². The average Bonchev–Trinajstić information content (AvgIpc) is 3.27. The van der Waals surface area contributed by atoms with Crippen LogP contribution in [0.4, 0.5) is 4.79 Å². The first-order valence-corrected chi connectivity index (χ1v) is 8.71. The van der Waals surface area contributed by atoms with E-state index in [1.54, 1.807) is 11.8 Å². The highest BCUT2D eigenvalue weighted by molar-refractivity contribution is 5.81. The average molecular weight is 325 g/mol. The Morgan fingerprint density at radius 3 is 2.22 bits per heavy atom. The zero-order chi connectivity index (χ0) is 17.2. The molecule has 6 nitrogen and oxygen atoms in total. The highest BCUT2D eigenvalue weighted by Crippen LogP contribution is 2.30. The molecular weight excluding hydrogens is 294 g/mol. The molecule has 0 aromatic carbocycles. The topological polar surface area (TPSA) is 75.9 Å². The molecular formula is C17H31N3O3. The van der Waals surface area contributed by atoms with E-state index in [0.717, 1.165) is 32.2 Å². The summed E-state index contributed by atoms with van der Waals surface area (Å²) in [7, 11) is 0. The number of carbonyl (C=O) groups is 2. The number of hydrogen-bond donors (Lipinski definition) is 1. The Morgan fingerprint density at radius 1 is 1.22 bits per heavy atom. The fraction of sp³-hybridized carbons (Fsp3) is 0.882. The van der Waals surface area contributed by atoms with E-state index in [1.807, 2.05) is 25.7 Å². The molecule has 1 aliphatic heterocycles. The van der Waals surface area contributed by atoms with Gasteiger partial charge in [-0.05, 0) is 59.3 Å². The van der Waals surface area contributed by atoms with E-state index in [1.165, 1.54) is 0 Å². The van der Waals surface area contributed by atoms with Gasteiger partial charge in [0.15, 0.2) is 0 Å². The Bertz CT molecular complexity index is 433. The molecule has 2 aliphatic rings. The lowest BCUT2D eigenvalue weighted by Crippen LogP contribution is -2.48. The van der Waals surface area contributed by atoms with E-state index >= 15 is 0 Å². The second-order valence-electron chi connectivity index (χ2n) is 7.92. The quantitative estimate of drug-likeness (QED) is 0.857. The summed E-state index contributed by atoms with van der Waals surface area (Å²) in [6.45, 7) is 9.56. The summed E-state index contributed by atoms with van der Waals surface area (Å²) < 4.78 is 5.42. The normalized spacial score (nSPS) is 21.0. The highest BCUT2D eigenvalue weighted by Gasteiger charge is 2.36. The Kier molecular flexibility index (Phi) is 5.55. The number of rotatable bonds is 4. The van der Waals surface area contributed by atoms with Gasteiger partial charge >= 0.3 is 6.09 Å². The maximum Gasteiger partial charge on any atom is 0.410 e. The summed E-state index contributed by atoms with van der Waals surface area (Å²) in [4.78, 5) is 28.1. The molecule has 0 unspecified atom stereocenters. The molecule has 0 aromatic heterocycles. The van der Waals surface area contributed by atoms with E-state index in [9.17, 15) is 9.59 Å². The molecule has 0 aromatic rings. The molecule has 2 N–H and O–H groups in total. The molecule has 1 atom stereocenters. The number of nitrogens with zero attached hydrogens (tertiary/aromatic N) is 2. The second-order valence-corrected chi connectivity index (χ2v) is 7.92.